The molecule has 3 N–H and O–H groups in total. The summed E-state index contributed by atoms with van der Waals surface area (Å²) >= 11 is 0. The predicted octanol–water partition coefficient (Wildman–Crippen LogP) is 3.09. The highest BCUT2D eigenvalue weighted by molar-refractivity contribution is 14.0. The Morgan fingerprint density at radius 3 is 2.65 bits per heavy atom. The molecule has 2 aromatic rings. The van der Waals surface area contributed by atoms with Gasteiger partial charge in [0.05, 0.1) is 7.11 Å². The molecule has 0 saturated carbocycles. The van der Waals surface area contributed by atoms with Gasteiger partial charge in [-0.3, -0.25) is 0 Å². The molecule has 126 valence electrons. The van der Waals surface area contributed by atoms with Crippen LogP contribution < -0.4 is 15.8 Å². The fraction of sp³-hybridized carbons (Fsp3) is 0.375. The van der Waals surface area contributed by atoms with Crippen LogP contribution in [0.5, 0.6) is 5.75 Å². The van der Waals surface area contributed by atoms with Crippen LogP contribution in [-0.4, -0.2) is 22.6 Å². The molecule has 0 atom stereocenters. The van der Waals surface area contributed by atoms with Gasteiger partial charge < -0.3 is 20.4 Å². The van der Waals surface area contributed by atoms with Gasteiger partial charge in [-0.15, -0.1) is 24.0 Å². The van der Waals surface area contributed by atoms with Gasteiger partial charge in [-0.05, 0) is 30.2 Å². The Kier molecular flexibility index (Phi) is 7.87. The number of anilines is 1. The lowest BCUT2D eigenvalue weighted by Gasteiger charge is -2.10. The Morgan fingerprint density at radius 1 is 1.35 bits per heavy atom. The van der Waals surface area contributed by atoms with Crippen LogP contribution >= 0.6 is 24.0 Å². The van der Waals surface area contributed by atoms with E-state index in [9.17, 15) is 0 Å². The zero-order chi connectivity index (χ0) is 15.9. The van der Waals surface area contributed by atoms with Crippen molar-refractivity contribution in [2.45, 2.75) is 26.9 Å². The molecule has 6 nitrogen and oxygen atoms in total. The summed E-state index contributed by atoms with van der Waals surface area (Å²) < 4.78 is 7.22. The lowest BCUT2D eigenvalue weighted by molar-refractivity contribution is 0.415. The Hall–Kier alpha value is -1.77. The van der Waals surface area contributed by atoms with E-state index in [0.29, 0.717) is 18.4 Å². The molecule has 0 aliphatic heterocycles. The topological polar surface area (TPSA) is 77.5 Å². The average molecular weight is 429 g/mol. The van der Waals surface area contributed by atoms with Gasteiger partial charge in [-0.1, -0.05) is 13.8 Å². The molecule has 1 heterocycles. The van der Waals surface area contributed by atoms with Crippen molar-refractivity contribution in [3.05, 3.63) is 42.5 Å². The number of aliphatic imine (C=N–C) groups is 1. The normalized spacial score (nSPS) is 11.2. The lowest BCUT2D eigenvalue weighted by atomic mass is 10.2. The van der Waals surface area contributed by atoms with Crippen LogP contribution in [0, 0.1) is 5.92 Å². The van der Waals surface area contributed by atoms with Crippen molar-refractivity contribution < 1.29 is 4.74 Å². The van der Waals surface area contributed by atoms with Crippen LogP contribution in [0.4, 0.5) is 5.69 Å². The quantitative estimate of drug-likeness (QED) is 0.421. The molecule has 1 aromatic carbocycles. The number of methoxy groups -OCH3 is 1. The van der Waals surface area contributed by atoms with E-state index in [-0.39, 0.29) is 24.0 Å². The molecule has 0 unspecified atom stereocenters. The number of guanidine groups is 1. The largest absolute Gasteiger partial charge is 0.497 e. The number of hydrogen-bond acceptors (Lipinski definition) is 3. The Balaban J connectivity index is 0.00000264. The molecular weight excluding hydrogens is 405 g/mol. The van der Waals surface area contributed by atoms with Crippen molar-refractivity contribution in [3.8, 4) is 5.75 Å². The van der Waals surface area contributed by atoms with Crippen LogP contribution in [0.15, 0.2) is 41.7 Å². The van der Waals surface area contributed by atoms with E-state index in [0.717, 1.165) is 23.8 Å². The fourth-order valence-corrected chi connectivity index (χ4v) is 2.07. The van der Waals surface area contributed by atoms with Crippen LogP contribution in [0.1, 0.15) is 19.7 Å². The van der Waals surface area contributed by atoms with E-state index >= 15 is 0 Å². The maximum Gasteiger partial charge on any atom is 0.193 e. The molecule has 23 heavy (non-hydrogen) atoms. The maximum absolute atomic E-state index is 5.91. The van der Waals surface area contributed by atoms with Crippen molar-refractivity contribution in [2.24, 2.45) is 16.6 Å². The molecule has 0 bridgehead atoms. The third-order valence-electron chi connectivity index (χ3n) is 3.12. The van der Waals surface area contributed by atoms with E-state index in [4.69, 9.17) is 10.5 Å². The Morgan fingerprint density at radius 2 is 2.04 bits per heavy atom. The molecule has 1 aromatic heterocycles. The van der Waals surface area contributed by atoms with E-state index in [1.165, 1.54) is 0 Å². The number of halogens is 1. The zero-order valence-corrected chi connectivity index (χ0v) is 16.0. The van der Waals surface area contributed by atoms with Crippen molar-refractivity contribution in [1.82, 2.24) is 9.55 Å². The van der Waals surface area contributed by atoms with E-state index in [1.807, 2.05) is 30.5 Å². The van der Waals surface area contributed by atoms with Gasteiger partial charge in [0.15, 0.2) is 5.96 Å². The average Bonchev–Trinajstić information content (AvgIpc) is 2.92. The molecule has 0 aliphatic carbocycles. The summed E-state index contributed by atoms with van der Waals surface area (Å²) in [6.07, 6.45) is 3.76. The Labute approximate surface area is 154 Å². The standard InChI is InChI=1S/C16H23N5O.HI/c1-12(2)11-21-9-8-18-15(21)10-19-16(17)20-13-4-6-14(22-3)7-5-13;/h4-9,12H,10-11H2,1-3H3,(H3,17,19,20);1H. The van der Waals surface area contributed by atoms with Crippen LogP contribution in [0.3, 0.4) is 0 Å². The van der Waals surface area contributed by atoms with Gasteiger partial charge in [0.2, 0.25) is 0 Å². The van der Waals surface area contributed by atoms with Crippen molar-refractivity contribution in [3.63, 3.8) is 0 Å². The first-order valence-corrected chi connectivity index (χ1v) is 7.29. The number of imidazole rings is 1. The van der Waals surface area contributed by atoms with Crippen LogP contribution in [-0.2, 0) is 13.1 Å². The monoisotopic (exact) mass is 429 g/mol. The zero-order valence-electron chi connectivity index (χ0n) is 13.7. The van der Waals surface area contributed by atoms with Gasteiger partial charge in [-0.25, -0.2) is 9.98 Å². The second-order valence-electron chi connectivity index (χ2n) is 5.44. The summed E-state index contributed by atoms with van der Waals surface area (Å²) in [6, 6.07) is 7.51. The van der Waals surface area contributed by atoms with E-state index in [2.05, 4.69) is 33.7 Å². The van der Waals surface area contributed by atoms with Gasteiger partial charge in [0.25, 0.3) is 0 Å². The smallest absolute Gasteiger partial charge is 0.193 e. The van der Waals surface area contributed by atoms with Gasteiger partial charge in [0, 0.05) is 24.6 Å². The number of ether oxygens (including phenoxy) is 1. The van der Waals surface area contributed by atoms with Gasteiger partial charge in [0.1, 0.15) is 18.1 Å². The summed E-state index contributed by atoms with van der Waals surface area (Å²) in [5.74, 6) is 2.64. The summed E-state index contributed by atoms with van der Waals surface area (Å²) in [6.45, 7) is 5.73. The highest BCUT2D eigenvalue weighted by Gasteiger charge is 2.04. The third kappa shape index (κ3) is 6.09. The number of hydrogen-bond donors (Lipinski definition) is 2. The predicted molar refractivity (Wildman–Crippen MR) is 104 cm³/mol. The maximum atomic E-state index is 5.91. The summed E-state index contributed by atoms with van der Waals surface area (Å²) in [5, 5.41) is 3.05. The number of aromatic nitrogens is 2. The molecule has 7 heteroatoms. The highest BCUT2D eigenvalue weighted by atomic mass is 127. The van der Waals surface area contributed by atoms with Gasteiger partial charge >= 0.3 is 0 Å². The third-order valence-corrected chi connectivity index (χ3v) is 3.12. The summed E-state index contributed by atoms with van der Waals surface area (Å²) in [5.41, 5.74) is 6.78. The van der Waals surface area contributed by atoms with Crippen molar-refractivity contribution >= 4 is 35.6 Å². The summed E-state index contributed by atoms with van der Waals surface area (Å²) in [4.78, 5) is 8.67. The first-order chi connectivity index (χ1) is 10.6. The molecule has 0 spiro atoms. The number of nitrogens with two attached hydrogens (primary N) is 1. The summed E-state index contributed by atoms with van der Waals surface area (Å²) in [7, 11) is 1.64. The highest BCUT2D eigenvalue weighted by Crippen LogP contribution is 2.14. The molecule has 0 radical (unpaired) electrons. The van der Waals surface area contributed by atoms with Crippen LogP contribution in [0.25, 0.3) is 0 Å². The minimum atomic E-state index is 0. The molecule has 0 amide bonds. The first kappa shape index (κ1) is 19.3. The van der Waals surface area contributed by atoms with Crippen molar-refractivity contribution in [1.29, 1.82) is 0 Å². The van der Waals surface area contributed by atoms with Gasteiger partial charge in [-0.2, -0.15) is 0 Å². The number of nitrogens with zero attached hydrogens (tertiary/aromatic N) is 3. The number of nitrogens with one attached hydrogen (secondary N) is 1. The number of benzene rings is 1. The SMILES string of the molecule is COc1ccc(NC(N)=NCc2nccn2CC(C)C)cc1.I. The first-order valence-electron chi connectivity index (χ1n) is 7.29. The minimum absolute atomic E-state index is 0. The molecular formula is C16H24IN5O. The second-order valence-corrected chi connectivity index (χ2v) is 5.44. The fourth-order valence-electron chi connectivity index (χ4n) is 2.07. The van der Waals surface area contributed by atoms with E-state index in [1.54, 1.807) is 13.3 Å². The second kappa shape index (κ2) is 9.39. The molecule has 0 saturated heterocycles. The molecule has 0 aliphatic rings. The number of rotatable bonds is 6. The molecule has 0 fully saturated rings. The molecule has 2 rings (SSSR count). The lowest BCUT2D eigenvalue weighted by Crippen LogP contribution is -2.23. The Bertz CT molecular complexity index is 622. The van der Waals surface area contributed by atoms with Crippen LogP contribution in [0.2, 0.25) is 0 Å². The van der Waals surface area contributed by atoms with Crippen molar-refractivity contribution in [2.75, 3.05) is 12.4 Å². The van der Waals surface area contributed by atoms with E-state index < -0.39 is 0 Å². The minimum Gasteiger partial charge on any atom is -0.497 e.